The number of nitrogens with zero attached hydrogens (tertiary/aromatic N) is 6. The molecule has 158 valence electrons. The zero-order valence-corrected chi connectivity index (χ0v) is 18.2. The molecule has 0 saturated carbocycles. The first kappa shape index (κ1) is 20.3. The van der Waals surface area contributed by atoms with Crippen molar-refractivity contribution in [2.75, 3.05) is 32.7 Å². The lowest BCUT2D eigenvalue weighted by Crippen LogP contribution is -2.52. The van der Waals surface area contributed by atoms with Crippen LogP contribution in [0.5, 0.6) is 0 Å². The van der Waals surface area contributed by atoms with Gasteiger partial charge >= 0.3 is 0 Å². The minimum atomic E-state index is 0.538. The number of benzene rings is 2. The summed E-state index contributed by atoms with van der Waals surface area (Å²) in [5.41, 5.74) is 1.40. The largest absolute Gasteiger partial charge is 0.357 e. The van der Waals surface area contributed by atoms with Gasteiger partial charge in [0.05, 0.1) is 0 Å². The van der Waals surface area contributed by atoms with Crippen LogP contribution >= 0.6 is 0 Å². The third-order valence-electron chi connectivity index (χ3n) is 5.83. The van der Waals surface area contributed by atoms with E-state index in [9.17, 15) is 0 Å². The highest BCUT2D eigenvalue weighted by atomic mass is 15.4. The Balaban J connectivity index is 1.39. The van der Waals surface area contributed by atoms with Crippen molar-refractivity contribution in [1.29, 1.82) is 0 Å². The van der Waals surface area contributed by atoms with Crippen LogP contribution in [-0.2, 0) is 20.1 Å². The lowest BCUT2D eigenvalue weighted by atomic mass is 10.0. The molecule has 2 aromatic carbocycles. The molecule has 0 aliphatic carbocycles. The molecule has 0 radical (unpaired) electrons. The topological polar surface area (TPSA) is 61.6 Å². The summed E-state index contributed by atoms with van der Waals surface area (Å²) in [6.07, 6.45) is 0. The summed E-state index contributed by atoms with van der Waals surface area (Å²) in [5, 5.41) is 14.5. The summed E-state index contributed by atoms with van der Waals surface area (Å²) >= 11 is 0. The molecule has 1 N–H and O–H groups in total. The van der Waals surface area contributed by atoms with Crippen LogP contribution in [0.4, 0.5) is 0 Å². The number of rotatable bonds is 5. The van der Waals surface area contributed by atoms with Crippen molar-refractivity contribution in [1.82, 2.24) is 29.9 Å². The maximum absolute atomic E-state index is 4.82. The average Bonchev–Trinajstić information content (AvgIpc) is 3.10. The van der Waals surface area contributed by atoms with Gasteiger partial charge in [-0.15, -0.1) is 10.2 Å². The van der Waals surface area contributed by atoms with E-state index in [2.05, 4.69) is 74.7 Å². The second-order valence-electron chi connectivity index (χ2n) is 7.79. The van der Waals surface area contributed by atoms with Crippen molar-refractivity contribution in [2.45, 2.75) is 26.9 Å². The van der Waals surface area contributed by atoms with Gasteiger partial charge in [-0.2, -0.15) is 0 Å². The molecule has 0 bridgehead atoms. The Kier molecular flexibility index (Phi) is 6.28. The third-order valence-corrected chi connectivity index (χ3v) is 5.83. The predicted molar refractivity (Wildman–Crippen MR) is 121 cm³/mol. The van der Waals surface area contributed by atoms with Gasteiger partial charge in [-0.1, -0.05) is 42.5 Å². The van der Waals surface area contributed by atoms with Crippen LogP contribution in [0, 0.1) is 6.92 Å². The molecule has 1 fully saturated rings. The monoisotopic (exact) mass is 405 g/mol. The quantitative estimate of drug-likeness (QED) is 0.522. The van der Waals surface area contributed by atoms with E-state index < -0.39 is 0 Å². The molecule has 0 atom stereocenters. The van der Waals surface area contributed by atoms with Crippen LogP contribution < -0.4 is 5.32 Å². The van der Waals surface area contributed by atoms with Crippen molar-refractivity contribution in [3.8, 4) is 0 Å². The Labute approximate surface area is 178 Å². The Morgan fingerprint density at radius 1 is 1.03 bits per heavy atom. The van der Waals surface area contributed by atoms with E-state index in [1.807, 2.05) is 18.5 Å². The number of aromatic nitrogens is 3. The lowest BCUT2D eigenvalue weighted by molar-refractivity contribution is 0.173. The van der Waals surface area contributed by atoms with E-state index in [1.54, 1.807) is 0 Å². The highest BCUT2D eigenvalue weighted by Crippen LogP contribution is 2.20. The zero-order valence-electron chi connectivity index (χ0n) is 18.2. The molecule has 0 unspecified atom stereocenters. The SMILES string of the molecule is CCNC(=NCc1nnc(C)n1C)N1CCN(Cc2cccc3ccccc23)CC1. The molecule has 3 aromatic rings. The smallest absolute Gasteiger partial charge is 0.194 e. The van der Waals surface area contributed by atoms with Crippen LogP contribution in [0.1, 0.15) is 24.1 Å². The summed E-state index contributed by atoms with van der Waals surface area (Å²) in [7, 11) is 1.99. The number of guanidine groups is 1. The van der Waals surface area contributed by atoms with E-state index in [0.717, 1.165) is 56.9 Å². The maximum atomic E-state index is 4.82. The number of aliphatic imine (C=N–C) groups is 1. The Hall–Kier alpha value is -2.93. The fourth-order valence-electron chi connectivity index (χ4n) is 3.95. The first-order valence-electron chi connectivity index (χ1n) is 10.7. The maximum Gasteiger partial charge on any atom is 0.194 e. The third kappa shape index (κ3) is 4.46. The van der Waals surface area contributed by atoms with Gasteiger partial charge in [0.25, 0.3) is 0 Å². The molecule has 1 aliphatic rings. The first-order chi connectivity index (χ1) is 14.7. The molecular formula is C23H31N7. The van der Waals surface area contributed by atoms with Gasteiger partial charge in [-0.3, -0.25) is 4.90 Å². The van der Waals surface area contributed by atoms with Gasteiger partial charge in [0.15, 0.2) is 11.8 Å². The number of hydrogen-bond donors (Lipinski definition) is 1. The molecule has 2 heterocycles. The summed E-state index contributed by atoms with van der Waals surface area (Å²) in [6, 6.07) is 15.3. The van der Waals surface area contributed by atoms with Crippen molar-refractivity contribution >= 4 is 16.7 Å². The first-order valence-corrected chi connectivity index (χ1v) is 10.7. The standard InChI is InChI=1S/C23H31N7/c1-4-24-23(25-16-22-27-26-18(2)28(22)3)30-14-12-29(13-15-30)17-20-10-7-9-19-8-5-6-11-21(19)20/h5-11H,4,12-17H2,1-3H3,(H,24,25). The number of aryl methyl sites for hydroxylation is 1. The highest BCUT2D eigenvalue weighted by molar-refractivity contribution is 5.85. The summed E-state index contributed by atoms with van der Waals surface area (Å²) in [4.78, 5) is 9.71. The number of nitrogens with one attached hydrogen (secondary N) is 1. The summed E-state index contributed by atoms with van der Waals surface area (Å²) < 4.78 is 2.00. The van der Waals surface area contributed by atoms with E-state index in [0.29, 0.717) is 6.54 Å². The Morgan fingerprint density at radius 3 is 2.53 bits per heavy atom. The summed E-state index contributed by atoms with van der Waals surface area (Å²) in [6.45, 7) is 10.4. The molecule has 4 rings (SSSR count). The van der Waals surface area contributed by atoms with E-state index in [-0.39, 0.29) is 0 Å². The van der Waals surface area contributed by atoms with Gasteiger partial charge in [0.1, 0.15) is 12.4 Å². The van der Waals surface area contributed by atoms with Crippen LogP contribution in [0.3, 0.4) is 0 Å². The Bertz CT molecular complexity index is 1010. The molecular weight excluding hydrogens is 374 g/mol. The lowest BCUT2D eigenvalue weighted by Gasteiger charge is -2.36. The van der Waals surface area contributed by atoms with Crippen molar-refractivity contribution in [3.05, 3.63) is 59.7 Å². The second kappa shape index (κ2) is 9.26. The van der Waals surface area contributed by atoms with Gasteiger partial charge in [0.2, 0.25) is 0 Å². The fourth-order valence-corrected chi connectivity index (χ4v) is 3.95. The highest BCUT2D eigenvalue weighted by Gasteiger charge is 2.20. The zero-order chi connectivity index (χ0) is 20.9. The van der Waals surface area contributed by atoms with Crippen LogP contribution in [0.15, 0.2) is 47.5 Å². The molecule has 7 nitrogen and oxygen atoms in total. The predicted octanol–water partition coefficient (Wildman–Crippen LogP) is 2.56. The molecule has 1 aliphatic heterocycles. The average molecular weight is 406 g/mol. The van der Waals surface area contributed by atoms with Gasteiger partial charge in [-0.05, 0) is 30.2 Å². The molecule has 0 amide bonds. The molecule has 0 spiro atoms. The van der Waals surface area contributed by atoms with Crippen LogP contribution in [-0.4, -0.2) is 63.2 Å². The molecule has 1 saturated heterocycles. The van der Waals surface area contributed by atoms with E-state index >= 15 is 0 Å². The minimum Gasteiger partial charge on any atom is -0.357 e. The van der Waals surface area contributed by atoms with Crippen LogP contribution in [0.25, 0.3) is 10.8 Å². The van der Waals surface area contributed by atoms with Crippen molar-refractivity contribution < 1.29 is 0 Å². The van der Waals surface area contributed by atoms with E-state index in [1.165, 1.54) is 16.3 Å². The minimum absolute atomic E-state index is 0.538. The molecule has 30 heavy (non-hydrogen) atoms. The van der Waals surface area contributed by atoms with Gasteiger partial charge in [-0.25, -0.2) is 4.99 Å². The number of hydrogen-bond acceptors (Lipinski definition) is 4. The summed E-state index contributed by atoms with van der Waals surface area (Å²) in [5.74, 6) is 2.76. The van der Waals surface area contributed by atoms with Crippen molar-refractivity contribution in [3.63, 3.8) is 0 Å². The van der Waals surface area contributed by atoms with Crippen LogP contribution in [0.2, 0.25) is 0 Å². The molecule has 1 aromatic heterocycles. The Morgan fingerprint density at radius 2 is 1.80 bits per heavy atom. The van der Waals surface area contributed by atoms with Gasteiger partial charge in [0, 0.05) is 46.3 Å². The number of fused-ring (bicyclic) bond motifs is 1. The van der Waals surface area contributed by atoms with Crippen molar-refractivity contribution in [2.24, 2.45) is 12.0 Å². The van der Waals surface area contributed by atoms with Gasteiger partial charge < -0.3 is 14.8 Å². The molecule has 7 heteroatoms. The normalized spacial score (nSPS) is 15.7. The fraction of sp³-hybridized carbons (Fsp3) is 0.435. The second-order valence-corrected chi connectivity index (χ2v) is 7.79. The van der Waals surface area contributed by atoms with E-state index in [4.69, 9.17) is 4.99 Å². The number of piperazine rings is 1.